The number of methoxy groups -OCH3 is 1. The van der Waals surface area contributed by atoms with E-state index in [0.717, 1.165) is 32.4 Å². The first-order chi connectivity index (χ1) is 9.92. The molecular formula is C13H21N3O4S. The number of nitrogens with one attached hydrogen (secondary N) is 2. The Morgan fingerprint density at radius 2 is 2.19 bits per heavy atom. The van der Waals surface area contributed by atoms with E-state index in [0.29, 0.717) is 0 Å². The molecule has 1 saturated heterocycles. The second-order valence-corrected chi connectivity index (χ2v) is 7.01. The van der Waals surface area contributed by atoms with E-state index >= 15 is 0 Å². The second kappa shape index (κ2) is 6.59. The number of ether oxygens (including phenoxy) is 1. The van der Waals surface area contributed by atoms with Gasteiger partial charge in [-0.15, -0.1) is 0 Å². The molecule has 0 amide bonds. The van der Waals surface area contributed by atoms with E-state index in [-0.39, 0.29) is 16.6 Å². The monoisotopic (exact) mass is 315 g/mol. The number of sulfonamides is 1. The molecule has 8 heteroatoms. The fourth-order valence-corrected chi connectivity index (χ4v) is 3.70. The van der Waals surface area contributed by atoms with Crippen molar-refractivity contribution in [3.8, 4) is 0 Å². The molecule has 1 aromatic rings. The molecule has 0 bridgehead atoms. The van der Waals surface area contributed by atoms with Crippen LogP contribution >= 0.6 is 0 Å². The minimum Gasteiger partial charge on any atom is -0.464 e. The minimum atomic E-state index is -3.62. The Balaban J connectivity index is 2.07. The van der Waals surface area contributed by atoms with Gasteiger partial charge in [-0.3, -0.25) is 0 Å². The number of rotatable bonds is 4. The van der Waals surface area contributed by atoms with Gasteiger partial charge in [0, 0.05) is 12.2 Å². The third kappa shape index (κ3) is 4.05. The van der Waals surface area contributed by atoms with Gasteiger partial charge < -0.3 is 14.6 Å². The van der Waals surface area contributed by atoms with Crippen molar-refractivity contribution in [1.82, 2.24) is 14.6 Å². The van der Waals surface area contributed by atoms with Gasteiger partial charge in [0.15, 0.2) is 0 Å². The number of nitrogens with zero attached hydrogens (tertiary/aromatic N) is 1. The van der Waals surface area contributed by atoms with Crippen molar-refractivity contribution in [3.63, 3.8) is 0 Å². The molecule has 1 aromatic heterocycles. The lowest BCUT2D eigenvalue weighted by Gasteiger charge is -2.16. The highest BCUT2D eigenvalue weighted by molar-refractivity contribution is 7.89. The zero-order valence-electron chi connectivity index (χ0n) is 12.3. The summed E-state index contributed by atoms with van der Waals surface area (Å²) in [5, 5.41) is 0. The SMILES string of the molecule is COC(=O)c1cc(S(=O)(=O)NC2CCCN(C)CC2)c[nH]1. The van der Waals surface area contributed by atoms with Crippen LogP contribution in [0.3, 0.4) is 0 Å². The van der Waals surface area contributed by atoms with Crippen LogP contribution in [0.25, 0.3) is 0 Å². The molecule has 1 aliphatic heterocycles. The molecule has 0 saturated carbocycles. The summed E-state index contributed by atoms with van der Waals surface area (Å²) >= 11 is 0. The van der Waals surface area contributed by atoms with E-state index in [1.54, 1.807) is 0 Å². The van der Waals surface area contributed by atoms with Crippen LogP contribution in [-0.4, -0.2) is 57.6 Å². The highest BCUT2D eigenvalue weighted by Crippen LogP contribution is 2.16. The molecule has 118 valence electrons. The van der Waals surface area contributed by atoms with Gasteiger partial charge in [-0.25, -0.2) is 17.9 Å². The molecule has 1 fully saturated rings. The zero-order valence-corrected chi connectivity index (χ0v) is 13.1. The first-order valence-electron chi connectivity index (χ1n) is 6.90. The number of hydrogen-bond acceptors (Lipinski definition) is 5. The number of aromatic nitrogens is 1. The standard InChI is InChI=1S/C13H21N3O4S/c1-16-6-3-4-10(5-7-16)15-21(18,19)11-8-12(14-9-11)13(17)20-2/h8-10,14-15H,3-7H2,1-2H3. The lowest BCUT2D eigenvalue weighted by molar-refractivity contribution is 0.0595. The number of carbonyl (C=O) groups is 1. The third-order valence-electron chi connectivity index (χ3n) is 3.65. The first kappa shape index (κ1) is 16.0. The largest absolute Gasteiger partial charge is 0.464 e. The predicted molar refractivity (Wildman–Crippen MR) is 77.6 cm³/mol. The lowest BCUT2D eigenvalue weighted by Crippen LogP contribution is -2.35. The zero-order chi connectivity index (χ0) is 15.5. The average molecular weight is 315 g/mol. The summed E-state index contributed by atoms with van der Waals surface area (Å²) < 4.78 is 31.9. The first-order valence-corrected chi connectivity index (χ1v) is 8.38. The van der Waals surface area contributed by atoms with Crippen LogP contribution in [0.1, 0.15) is 29.8 Å². The molecule has 2 N–H and O–H groups in total. The molecule has 1 aliphatic rings. The van der Waals surface area contributed by atoms with E-state index in [2.05, 4.69) is 19.3 Å². The Kier molecular flexibility index (Phi) is 5.02. The second-order valence-electron chi connectivity index (χ2n) is 5.29. The molecule has 0 radical (unpaired) electrons. The fourth-order valence-electron chi connectivity index (χ4n) is 2.40. The van der Waals surface area contributed by atoms with Crippen molar-refractivity contribution < 1.29 is 17.9 Å². The van der Waals surface area contributed by atoms with Crippen LogP contribution in [-0.2, 0) is 14.8 Å². The molecule has 0 spiro atoms. The topological polar surface area (TPSA) is 91.5 Å². The third-order valence-corrected chi connectivity index (χ3v) is 5.15. The molecule has 0 aromatic carbocycles. The van der Waals surface area contributed by atoms with E-state index in [1.807, 2.05) is 7.05 Å². The average Bonchev–Trinajstić information content (AvgIpc) is 2.86. The van der Waals surface area contributed by atoms with Gasteiger partial charge in [-0.1, -0.05) is 0 Å². The summed E-state index contributed by atoms with van der Waals surface area (Å²) in [6.45, 7) is 1.85. The van der Waals surface area contributed by atoms with Crippen molar-refractivity contribution >= 4 is 16.0 Å². The van der Waals surface area contributed by atoms with E-state index < -0.39 is 16.0 Å². The number of hydrogen-bond donors (Lipinski definition) is 2. The van der Waals surface area contributed by atoms with Crippen LogP contribution in [0, 0.1) is 0 Å². The number of carbonyl (C=O) groups excluding carboxylic acids is 1. The van der Waals surface area contributed by atoms with Crippen LogP contribution < -0.4 is 4.72 Å². The Morgan fingerprint density at radius 3 is 2.90 bits per heavy atom. The summed E-state index contributed by atoms with van der Waals surface area (Å²) in [7, 11) is -0.341. The summed E-state index contributed by atoms with van der Waals surface area (Å²) in [5.41, 5.74) is 0.124. The summed E-state index contributed by atoms with van der Waals surface area (Å²) in [6, 6.07) is 1.22. The summed E-state index contributed by atoms with van der Waals surface area (Å²) in [4.78, 5) is 16.2. The van der Waals surface area contributed by atoms with Gasteiger partial charge in [0.05, 0.1) is 7.11 Å². The quantitative estimate of drug-likeness (QED) is 0.792. The lowest BCUT2D eigenvalue weighted by atomic mass is 10.1. The molecule has 2 rings (SSSR count). The van der Waals surface area contributed by atoms with Gasteiger partial charge in [-0.2, -0.15) is 0 Å². The number of esters is 1. The van der Waals surface area contributed by atoms with E-state index in [9.17, 15) is 13.2 Å². The number of H-pyrrole nitrogens is 1. The maximum absolute atomic E-state index is 12.3. The Bertz CT molecular complexity index is 596. The van der Waals surface area contributed by atoms with Crippen molar-refractivity contribution in [2.75, 3.05) is 27.2 Å². The van der Waals surface area contributed by atoms with Gasteiger partial charge in [-0.05, 0) is 45.5 Å². The molecule has 1 atom stereocenters. The molecule has 21 heavy (non-hydrogen) atoms. The Labute approximate surface area is 124 Å². The summed E-state index contributed by atoms with van der Waals surface area (Å²) in [5.74, 6) is -0.590. The maximum atomic E-state index is 12.3. The highest BCUT2D eigenvalue weighted by atomic mass is 32.2. The van der Waals surface area contributed by atoms with Gasteiger partial charge >= 0.3 is 5.97 Å². The maximum Gasteiger partial charge on any atom is 0.354 e. The van der Waals surface area contributed by atoms with Gasteiger partial charge in [0.25, 0.3) is 0 Å². The van der Waals surface area contributed by atoms with Crippen molar-refractivity contribution in [2.24, 2.45) is 0 Å². The van der Waals surface area contributed by atoms with Crippen LogP contribution in [0.5, 0.6) is 0 Å². The number of aromatic amines is 1. The molecule has 1 unspecified atom stereocenters. The summed E-state index contributed by atoms with van der Waals surface area (Å²) in [6.07, 6.45) is 3.86. The van der Waals surface area contributed by atoms with Crippen molar-refractivity contribution in [2.45, 2.75) is 30.2 Å². The Hall–Kier alpha value is -1.38. The number of likely N-dealkylation sites (tertiary alicyclic amines) is 1. The van der Waals surface area contributed by atoms with E-state index in [4.69, 9.17) is 0 Å². The Morgan fingerprint density at radius 1 is 1.43 bits per heavy atom. The fraction of sp³-hybridized carbons (Fsp3) is 0.615. The minimum absolute atomic E-state index is 0.0560. The molecular weight excluding hydrogens is 294 g/mol. The van der Waals surface area contributed by atoms with Gasteiger partial charge in [0.1, 0.15) is 10.6 Å². The van der Waals surface area contributed by atoms with Crippen LogP contribution in [0.2, 0.25) is 0 Å². The van der Waals surface area contributed by atoms with E-state index in [1.165, 1.54) is 19.4 Å². The molecule has 0 aliphatic carbocycles. The van der Waals surface area contributed by atoms with Crippen LogP contribution in [0.15, 0.2) is 17.2 Å². The highest BCUT2D eigenvalue weighted by Gasteiger charge is 2.24. The van der Waals surface area contributed by atoms with Crippen LogP contribution in [0.4, 0.5) is 0 Å². The van der Waals surface area contributed by atoms with Gasteiger partial charge in [0.2, 0.25) is 10.0 Å². The normalized spacial score (nSPS) is 21.0. The molecule has 2 heterocycles. The smallest absolute Gasteiger partial charge is 0.354 e. The predicted octanol–water partition coefficient (Wildman–Crippen LogP) is 0.564. The van der Waals surface area contributed by atoms with Crippen molar-refractivity contribution in [1.29, 1.82) is 0 Å². The van der Waals surface area contributed by atoms with Crippen molar-refractivity contribution in [3.05, 3.63) is 18.0 Å². The molecule has 7 nitrogen and oxygen atoms in total.